The molecule has 1 amide bonds. The molecule has 1 aromatic carbocycles. The molecule has 0 aliphatic carbocycles. The first-order chi connectivity index (χ1) is 13.1. The molecule has 0 saturated carbocycles. The van der Waals surface area contributed by atoms with Gasteiger partial charge in [-0.15, -0.1) is 0 Å². The van der Waals surface area contributed by atoms with Gasteiger partial charge in [0.15, 0.2) is 5.96 Å². The minimum Gasteiger partial charge on any atom is -0.492 e. The zero-order valence-electron chi connectivity index (χ0n) is 16.8. The van der Waals surface area contributed by atoms with E-state index in [9.17, 15) is 4.79 Å². The van der Waals surface area contributed by atoms with E-state index in [2.05, 4.69) is 20.5 Å². The van der Waals surface area contributed by atoms with Crippen molar-refractivity contribution in [3.05, 3.63) is 30.3 Å². The molecule has 27 heavy (non-hydrogen) atoms. The molecular formula is C20H33N5O2. The Morgan fingerprint density at radius 3 is 2.70 bits per heavy atom. The van der Waals surface area contributed by atoms with Crippen molar-refractivity contribution >= 4 is 11.9 Å². The molecule has 1 saturated heterocycles. The average molecular weight is 376 g/mol. The van der Waals surface area contributed by atoms with Gasteiger partial charge in [0.1, 0.15) is 12.4 Å². The number of nitrogens with zero attached hydrogens (tertiary/aromatic N) is 3. The van der Waals surface area contributed by atoms with Crippen molar-refractivity contribution in [3.8, 4) is 5.75 Å². The van der Waals surface area contributed by atoms with Gasteiger partial charge in [-0.3, -0.25) is 14.7 Å². The van der Waals surface area contributed by atoms with E-state index in [4.69, 9.17) is 4.74 Å². The van der Waals surface area contributed by atoms with Crippen LogP contribution in [0.2, 0.25) is 0 Å². The Bertz CT molecular complexity index is 591. The molecule has 2 rings (SSSR count). The van der Waals surface area contributed by atoms with Crippen LogP contribution >= 0.6 is 0 Å². The Morgan fingerprint density at radius 2 is 2.00 bits per heavy atom. The number of aliphatic imine (C=N–C) groups is 1. The van der Waals surface area contributed by atoms with Crippen molar-refractivity contribution in [3.63, 3.8) is 0 Å². The van der Waals surface area contributed by atoms with E-state index in [-0.39, 0.29) is 11.9 Å². The number of hydrogen-bond acceptors (Lipinski definition) is 4. The number of nitrogens with one attached hydrogen (secondary N) is 2. The monoisotopic (exact) mass is 375 g/mol. The molecule has 1 heterocycles. The maximum absolute atomic E-state index is 12.2. The van der Waals surface area contributed by atoms with E-state index in [1.807, 2.05) is 44.4 Å². The fourth-order valence-electron chi connectivity index (χ4n) is 3.24. The van der Waals surface area contributed by atoms with Gasteiger partial charge in [-0.2, -0.15) is 0 Å². The Morgan fingerprint density at radius 1 is 1.26 bits per heavy atom. The van der Waals surface area contributed by atoms with Gasteiger partial charge >= 0.3 is 0 Å². The Kier molecular flexibility index (Phi) is 8.91. The second-order valence-electron chi connectivity index (χ2n) is 6.87. The average Bonchev–Trinajstić information content (AvgIpc) is 3.15. The topological polar surface area (TPSA) is 69.2 Å². The molecule has 150 valence electrons. The zero-order valence-corrected chi connectivity index (χ0v) is 16.8. The van der Waals surface area contributed by atoms with E-state index < -0.39 is 0 Å². The number of amides is 1. The molecule has 1 fully saturated rings. The van der Waals surface area contributed by atoms with Crippen molar-refractivity contribution in [1.82, 2.24) is 20.4 Å². The lowest BCUT2D eigenvalue weighted by Crippen LogP contribution is -2.44. The van der Waals surface area contributed by atoms with Crippen molar-refractivity contribution in [2.75, 3.05) is 53.9 Å². The van der Waals surface area contributed by atoms with Gasteiger partial charge in [-0.25, -0.2) is 0 Å². The summed E-state index contributed by atoms with van der Waals surface area (Å²) in [4.78, 5) is 20.5. The van der Waals surface area contributed by atoms with Gasteiger partial charge in [0, 0.05) is 34.2 Å². The minimum atomic E-state index is 0.0487. The lowest BCUT2D eigenvalue weighted by atomic mass is 10.2. The number of likely N-dealkylation sites (N-methyl/N-ethyl adjacent to an activating group) is 1. The SMILES string of the molecule is CN=C(NCCCN1CCCC1C(=O)N(C)C)NCCOc1ccccc1. The Hall–Kier alpha value is -2.28. The molecule has 0 bridgehead atoms. The second kappa shape index (κ2) is 11.4. The van der Waals surface area contributed by atoms with Crippen LogP contribution in [0.1, 0.15) is 19.3 Å². The summed E-state index contributed by atoms with van der Waals surface area (Å²) in [7, 11) is 5.43. The Labute approximate surface area is 162 Å². The van der Waals surface area contributed by atoms with Gasteiger partial charge in [-0.05, 0) is 37.9 Å². The van der Waals surface area contributed by atoms with Crippen LogP contribution in [0, 0.1) is 0 Å². The van der Waals surface area contributed by atoms with Crippen LogP contribution < -0.4 is 15.4 Å². The molecule has 7 heteroatoms. The number of rotatable bonds is 9. The summed E-state index contributed by atoms with van der Waals surface area (Å²) in [6.45, 7) is 4.00. The van der Waals surface area contributed by atoms with E-state index >= 15 is 0 Å². The smallest absolute Gasteiger partial charge is 0.239 e. The first-order valence-electron chi connectivity index (χ1n) is 9.69. The molecule has 0 radical (unpaired) electrons. The van der Waals surface area contributed by atoms with Crippen LogP contribution in [0.5, 0.6) is 5.75 Å². The molecule has 1 atom stereocenters. The third-order valence-corrected chi connectivity index (χ3v) is 4.63. The largest absolute Gasteiger partial charge is 0.492 e. The number of likely N-dealkylation sites (tertiary alicyclic amines) is 1. The van der Waals surface area contributed by atoms with Gasteiger partial charge in [0.2, 0.25) is 5.91 Å². The summed E-state index contributed by atoms with van der Waals surface area (Å²) in [6.07, 6.45) is 3.04. The number of ether oxygens (including phenoxy) is 1. The highest BCUT2D eigenvalue weighted by Gasteiger charge is 2.30. The third-order valence-electron chi connectivity index (χ3n) is 4.63. The summed E-state index contributed by atoms with van der Waals surface area (Å²) < 4.78 is 5.66. The summed E-state index contributed by atoms with van der Waals surface area (Å²) >= 11 is 0. The highest BCUT2D eigenvalue weighted by atomic mass is 16.5. The normalized spacial score (nSPS) is 17.6. The molecule has 0 spiro atoms. The number of hydrogen-bond donors (Lipinski definition) is 2. The van der Waals surface area contributed by atoms with E-state index in [1.165, 1.54) is 0 Å². The van der Waals surface area contributed by atoms with E-state index in [1.54, 1.807) is 11.9 Å². The standard InChI is InChI=1S/C20H33N5O2/c1-21-20(23-13-16-27-17-9-5-4-6-10-17)22-12-8-15-25-14-7-11-18(25)19(26)24(2)3/h4-6,9-10,18H,7-8,11-16H2,1-3H3,(H2,21,22,23). The van der Waals surface area contributed by atoms with Gasteiger partial charge in [0.25, 0.3) is 0 Å². The summed E-state index contributed by atoms with van der Waals surface area (Å²) in [5.41, 5.74) is 0. The van der Waals surface area contributed by atoms with E-state index in [0.717, 1.165) is 50.6 Å². The van der Waals surface area contributed by atoms with Crippen molar-refractivity contribution < 1.29 is 9.53 Å². The molecule has 1 aromatic rings. The highest BCUT2D eigenvalue weighted by molar-refractivity contribution is 5.81. The predicted molar refractivity (Wildman–Crippen MR) is 109 cm³/mol. The van der Waals surface area contributed by atoms with Gasteiger partial charge in [-0.1, -0.05) is 18.2 Å². The maximum Gasteiger partial charge on any atom is 0.239 e. The zero-order chi connectivity index (χ0) is 19.5. The number of carbonyl (C=O) groups excluding carboxylic acids is 1. The number of benzene rings is 1. The van der Waals surface area contributed by atoms with Crippen LogP contribution in [0.15, 0.2) is 35.3 Å². The van der Waals surface area contributed by atoms with Crippen molar-refractivity contribution in [2.45, 2.75) is 25.3 Å². The van der Waals surface area contributed by atoms with Crippen molar-refractivity contribution in [2.24, 2.45) is 4.99 Å². The van der Waals surface area contributed by atoms with E-state index in [0.29, 0.717) is 13.2 Å². The number of carbonyl (C=O) groups is 1. The minimum absolute atomic E-state index is 0.0487. The van der Waals surface area contributed by atoms with Crippen LogP contribution in [0.3, 0.4) is 0 Å². The number of para-hydroxylation sites is 1. The van der Waals surface area contributed by atoms with Crippen molar-refractivity contribution in [1.29, 1.82) is 0 Å². The van der Waals surface area contributed by atoms with Crippen LogP contribution in [0.4, 0.5) is 0 Å². The third kappa shape index (κ3) is 7.09. The lowest BCUT2D eigenvalue weighted by Gasteiger charge is -2.26. The molecule has 1 unspecified atom stereocenters. The molecule has 0 aromatic heterocycles. The first-order valence-corrected chi connectivity index (χ1v) is 9.69. The molecule has 1 aliphatic rings. The first kappa shape index (κ1) is 21.0. The second-order valence-corrected chi connectivity index (χ2v) is 6.87. The summed E-state index contributed by atoms with van der Waals surface area (Å²) in [5.74, 6) is 1.86. The fourth-order valence-corrected chi connectivity index (χ4v) is 3.24. The van der Waals surface area contributed by atoms with Crippen LogP contribution in [-0.4, -0.2) is 81.6 Å². The summed E-state index contributed by atoms with van der Waals surface area (Å²) in [5, 5.41) is 6.57. The molecule has 1 aliphatic heterocycles. The maximum atomic E-state index is 12.2. The summed E-state index contributed by atoms with van der Waals surface area (Å²) in [6, 6.07) is 9.82. The molecule has 7 nitrogen and oxygen atoms in total. The predicted octanol–water partition coefficient (Wildman–Crippen LogP) is 1.17. The molecule has 2 N–H and O–H groups in total. The number of guanidine groups is 1. The Balaban J connectivity index is 1.60. The fraction of sp³-hybridized carbons (Fsp3) is 0.600. The van der Waals surface area contributed by atoms with Gasteiger partial charge in [0.05, 0.1) is 12.6 Å². The van der Waals surface area contributed by atoms with Gasteiger partial charge < -0.3 is 20.3 Å². The van der Waals surface area contributed by atoms with Crippen LogP contribution in [-0.2, 0) is 4.79 Å². The molecular weight excluding hydrogens is 342 g/mol. The lowest BCUT2D eigenvalue weighted by molar-refractivity contribution is -0.133. The van der Waals surface area contributed by atoms with Crippen LogP contribution in [0.25, 0.3) is 0 Å². The highest BCUT2D eigenvalue weighted by Crippen LogP contribution is 2.18. The quantitative estimate of drug-likeness (QED) is 0.385.